The Morgan fingerprint density at radius 2 is 1.89 bits per heavy atom. The van der Waals surface area contributed by atoms with E-state index in [1.165, 1.54) is 5.56 Å². The lowest BCUT2D eigenvalue weighted by molar-refractivity contribution is 0.0904. The molecule has 0 aliphatic rings. The van der Waals surface area contributed by atoms with E-state index in [4.69, 9.17) is 4.74 Å². The van der Waals surface area contributed by atoms with Crippen molar-refractivity contribution in [2.75, 3.05) is 13.7 Å². The molecule has 0 unspecified atom stereocenters. The maximum absolute atomic E-state index is 12.5. The second-order valence-electron chi connectivity index (χ2n) is 7.16. The summed E-state index contributed by atoms with van der Waals surface area (Å²) >= 11 is 0. The van der Waals surface area contributed by atoms with Crippen LogP contribution in [0.2, 0.25) is 0 Å². The van der Waals surface area contributed by atoms with Crippen LogP contribution in [0.25, 0.3) is 16.8 Å². The number of nitrogens with zero attached hydrogens (tertiary/aromatic N) is 3. The molecule has 6 heteroatoms. The number of aryl methyl sites for hydroxylation is 1. The van der Waals surface area contributed by atoms with Gasteiger partial charge in [0.1, 0.15) is 0 Å². The molecule has 1 aromatic carbocycles. The van der Waals surface area contributed by atoms with Crippen molar-refractivity contribution in [1.29, 1.82) is 0 Å². The number of carbonyl (C=O) groups is 1. The number of ether oxygens (including phenoxy) is 1. The molecular formula is C21H26N4O2. The molecule has 0 spiro atoms. The van der Waals surface area contributed by atoms with Crippen molar-refractivity contribution in [2.24, 2.45) is 0 Å². The van der Waals surface area contributed by atoms with Crippen LogP contribution in [0.5, 0.6) is 0 Å². The molecule has 0 fully saturated rings. The summed E-state index contributed by atoms with van der Waals surface area (Å²) in [5.41, 5.74) is 5.32. The van der Waals surface area contributed by atoms with Crippen molar-refractivity contribution in [1.82, 2.24) is 19.9 Å². The average Bonchev–Trinajstić information content (AvgIpc) is 3.07. The Bertz CT molecular complexity index is 945. The van der Waals surface area contributed by atoms with Crippen molar-refractivity contribution in [3.63, 3.8) is 0 Å². The Morgan fingerprint density at radius 1 is 1.19 bits per heavy atom. The van der Waals surface area contributed by atoms with Crippen LogP contribution in [0.15, 0.2) is 36.7 Å². The summed E-state index contributed by atoms with van der Waals surface area (Å²) in [6, 6.07) is 8.38. The first-order valence-electron chi connectivity index (χ1n) is 9.15. The van der Waals surface area contributed by atoms with E-state index < -0.39 is 0 Å². The van der Waals surface area contributed by atoms with Gasteiger partial charge in [-0.3, -0.25) is 4.79 Å². The molecule has 27 heavy (non-hydrogen) atoms. The quantitative estimate of drug-likeness (QED) is 0.724. The van der Waals surface area contributed by atoms with Gasteiger partial charge in [0, 0.05) is 24.9 Å². The lowest BCUT2D eigenvalue weighted by Crippen LogP contribution is -2.36. The van der Waals surface area contributed by atoms with E-state index in [1.54, 1.807) is 24.0 Å². The molecule has 3 rings (SSSR count). The van der Waals surface area contributed by atoms with Crippen LogP contribution in [0.4, 0.5) is 0 Å². The first kappa shape index (κ1) is 19.0. The first-order valence-corrected chi connectivity index (χ1v) is 9.15. The number of carbonyl (C=O) groups excluding carboxylic acids is 1. The predicted octanol–water partition coefficient (Wildman–Crippen LogP) is 3.59. The third-order valence-electron chi connectivity index (χ3n) is 4.69. The van der Waals surface area contributed by atoms with E-state index >= 15 is 0 Å². The third-order valence-corrected chi connectivity index (χ3v) is 4.69. The minimum atomic E-state index is -0.176. The molecule has 1 amide bonds. The normalized spacial score (nSPS) is 12.5. The van der Waals surface area contributed by atoms with E-state index in [2.05, 4.69) is 53.5 Å². The molecule has 3 aromatic rings. The molecule has 6 nitrogen and oxygen atoms in total. The molecule has 0 saturated heterocycles. The van der Waals surface area contributed by atoms with Gasteiger partial charge in [0.05, 0.1) is 24.1 Å². The number of hydrogen-bond donors (Lipinski definition) is 1. The number of nitrogens with one attached hydrogen (secondary N) is 1. The molecule has 1 N–H and O–H groups in total. The van der Waals surface area contributed by atoms with Gasteiger partial charge in [-0.05, 0) is 30.9 Å². The predicted molar refractivity (Wildman–Crippen MR) is 106 cm³/mol. The van der Waals surface area contributed by atoms with Gasteiger partial charge in [-0.2, -0.15) is 5.10 Å². The summed E-state index contributed by atoms with van der Waals surface area (Å²) in [4.78, 5) is 17.0. The van der Waals surface area contributed by atoms with Crippen molar-refractivity contribution < 1.29 is 9.53 Å². The molecule has 2 heterocycles. The second-order valence-corrected chi connectivity index (χ2v) is 7.16. The Kier molecular flexibility index (Phi) is 5.56. The van der Waals surface area contributed by atoms with Crippen LogP contribution in [-0.2, 0) is 4.74 Å². The summed E-state index contributed by atoms with van der Waals surface area (Å²) in [6.07, 6.45) is 3.42. The summed E-state index contributed by atoms with van der Waals surface area (Å²) in [5, 5.41) is 7.37. The standard InChI is InChI=1S/C21H26N4O2/c1-13(2)16-6-8-17(9-7-16)19-11-23-25-15(4)18(10-22-20(19)25)21(26)24-14(3)12-27-5/h6-11,13-14H,12H2,1-5H3,(H,24,26)/t14-/m1/s1. The molecule has 2 aromatic heterocycles. The number of amides is 1. The van der Waals surface area contributed by atoms with Crippen LogP contribution in [0.3, 0.4) is 0 Å². The zero-order valence-corrected chi connectivity index (χ0v) is 16.5. The fourth-order valence-corrected chi connectivity index (χ4v) is 3.11. The van der Waals surface area contributed by atoms with Gasteiger partial charge in [-0.1, -0.05) is 38.1 Å². The van der Waals surface area contributed by atoms with Gasteiger partial charge in [0.25, 0.3) is 5.91 Å². The Hall–Kier alpha value is -2.73. The van der Waals surface area contributed by atoms with Crippen LogP contribution in [0, 0.1) is 6.92 Å². The van der Waals surface area contributed by atoms with E-state index in [-0.39, 0.29) is 11.9 Å². The van der Waals surface area contributed by atoms with Crippen LogP contribution < -0.4 is 5.32 Å². The lowest BCUT2D eigenvalue weighted by Gasteiger charge is -2.14. The van der Waals surface area contributed by atoms with Crippen molar-refractivity contribution in [3.05, 3.63) is 53.5 Å². The highest BCUT2D eigenvalue weighted by atomic mass is 16.5. The summed E-state index contributed by atoms with van der Waals surface area (Å²) < 4.78 is 6.79. The highest BCUT2D eigenvalue weighted by Gasteiger charge is 2.17. The summed E-state index contributed by atoms with van der Waals surface area (Å²) in [7, 11) is 1.61. The lowest BCUT2D eigenvalue weighted by atomic mass is 10.00. The molecule has 0 saturated carbocycles. The number of rotatable bonds is 6. The number of hydrogen-bond acceptors (Lipinski definition) is 4. The molecule has 0 radical (unpaired) electrons. The van der Waals surface area contributed by atoms with Gasteiger partial charge < -0.3 is 10.1 Å². The minimum absolute atomic E-state index is 0.0785. The van der Waals surface area contributed by atoms with Crippen molar-refractivity contribution in [2.45, 2.75) is 39.7 Å². The number of methoxy groups -OCH3 is 1. The van der Waals surface area contributed by atoms with Gasteiger partial charge in [-0.15, -0.1) is 0 Å². The number of fused-ring (bicyclic) bond motifs is 1. The summed E-state index contributed by atoms with van der Waals surface area (Å²) in [5.74, 6) is 0.315. The summed E-state index contributed by atoms with van der Waals surface area (Å²) in [6.45, 7) is 8.59. The molecule has 0 bridgehead atoms. The van der Waals surface area contributed by atoms with Gasteiger partial charge in [-0.25, -0.2) is 9.50 Å². The third kappa shape index (κ3) is 3.85. The molecular weight excluding hydrogens is 340 g/mol. The molecule has 142 valence electrons. The van der Waals surface area contributed by atoms with Crippen molar-refractivity contribution >= 4 is 11.6 Å². The average molecular weight is 366 g/mol. The SMILES string of the molecule is COC[C@@H](C)NC(=O)c1cnc2c(-c3ccc(C(C)C)cc3)cnn2c1C. The van der Waals surface area contributed by atoms with Crippen LogP contribution >= 0.6 is 0 Å². The van der Waals surface area contributed by atoms with E-state index in [0.717, 1.165) is 22.5 Å². The Balaban J connectivity index is 1.93. The molecule has 0 aliphatic heterocycles. The first-order chi connectivity index (χ1) is 12.9. The highest BCUT2D eigenvalue weighted by Crippen LogP contribution is 2.26. The fraction of sp³-hybridized carbons (Fsp3) is 0.381. The highest BCUT2D eigenvalue weighted by molar-refractivity contribution is 5.95. The minimum Gasteiger partial charge on any atom is -0.383 e. The van der Waals surface area contributed by atoms with Gasteiger partial charge in [0.15, 0.2) is 5.65 Å². The smallest absolute Gasteiger partial charge is 0.254 e. The number of benzene rings is 1. The second kappa shape index (κ2) is 7.88. The zero-order chi connectivity index (χ0) is 19.6. The van der Waals surface area contributed by atoms with Crippen LogP contribution in [0.1, 0.15) is 48.3 Å². The molecule has 0 aliphatic carbocycles. The fourth-order valence-electron chi connectivity index (χ4n) is 3.11. The largest absolute Gasteiger partial charge is 0.383 e. The Morgan fingerprint density at radius 3 is 2.52 bits per heavy atom. The van der Waals surface area contributed by atoms with Gasteiger partial charge >= 0.3 is 0 Å². The number of aromatic nitrogens is 3. The van der Waals surface area contributed by atoms with Gasteiger partial charge in [0.2, 0.25) is 0 Å². The monoisotopic (exact) mass is 366 g/mol. The molecule has 1 atom stereocenters. The maximum Gasteiger partial charge on any atom is 0.254 e. The van der Waals surface area contributed by atoms with E-state index in [0.29, 0.717) is 18.1 Å². The maximum atomic E-state index is 12.5. The van der Waals surface area contributed by atoms with E-state index in [1.807, 2.05) is 13.8 Å². The Labute approximate surface area is 159 Å². The van der Waals surface area contributed by atoms with Crippen LogP contribution in [-0.4, -0.2) is 40.3 Å². The van der Waals surface area contributed by atoms with Crippen molar-refractivity contribution in [3.8, 4) is 11.1 Å². The van der Waals surface area contributed by atoms with E-state index in [9.17, 15) is 4.79 Å². The topological polar surface area (TPSA) is 68.5 Å². The zero-order valence-electron chi connectivity index (χ0n) is 16.5.